The third-order valence-electron chi connectivity index (χ3n) is 2.04. The second-order valence-corrected chi connectivity index (χ2v) is 3.34. The number of nitrogens with zero attached hydrogens (tertiary/aromatic N) is 1. The van der Waals surface area contributed by atoms with Crippen molar-refractivity contribution in [2.45, 2.75) is 32.7 Å². The number of aliphatic hydroxyl groups is 1. The molecule has 0 aliphatic heterocycles. The van der Waals surface area contributed by atoms with Gasteiger partial charge in [0.2, 0.25) is 0 Å². The van der Waals surface area contributed by atoms with Gasteiger partial charge in [-0.1, -0.05) is 6.92 Å². The number of aliphatic hydroxyl groups excluding tert-OH is 1. The summed E-state index contributed by atoms with van der Waals surface area (Å²) in [4.78, 5) is 2.15. The second kappa shape index (κ2) is 6.86. The molecule has 0 heterocycles. The lowest BCUT2D eigenvalue weighted by molar-refractivity contribution is 0.160. The van der Waals surface area contributed by atoms with Crippen LogP contribution in [0.3, 0.4) is 0 Å². The highest BCUT2D eigenvalue weighted by Gasteiger charge is 2.12. The van der Waals surface area contributed by atoms with Gasteiger partial charge in [0.25, 0.3) is 0 Å². The zero-order valence-corrected chi connectivity index (χ0v) is 8.58. The molecule has 13 heavy (non-hydrogen) atoms. The van der Waals surface area contributed by atoms with Crippen molar-refractivity contribution in [2.75, 3.05) is 19.7 Å². The highest BCUT2D eigenvalue weighted by molar-refractivity contribution is 5.77. The number of nitrogens with one attached hydrogen (secondary N) is 1. The standard InChI is InChI=1S/C9H21N3O/c1-3-4-12(5-6-13)8(2)7-9(10)11/h8,13H,3-7H2,1-2H3,(H3,10,11). The lowest BCUT2D eigenvalue weighted by Crippen LogP contribution is -2.38. The second-order valence-electron chi connectivity index (χ2n) is 3.34. The number of amidine groups is 1. The smallest absolute Gasteiger partial charge is 0.0920 e. The van der Waals surface area contributed by atoms with Gasteiger partial charge >= 0.3 is 0 Å². The number of hydrogen-bond acceptors (Lipinski definition) is 3. The molecule has 4 nitrogen and oxygen atoms in total. The van der Waals surface area contributed by atoms with E-state index in [4.69, 9.17) is 16.2 Å². The molecule has 0 radical (unpaired) electrons. The lowest BCUT2D eigenvalue weighted by atomic mass is 10.2. The maximum absolute atomic E-state index is 8.82. The quantitative estimate of drug-likeness (QED) is 0.399. The fourth-order valence-corrected chi connectivity index (χ4v) is 1.42. The van der Waals surface area contributed by atoms with Gasteiger partial charge in [0.1, 0.15) is 0 Å². The van der Waals surface area contributed by atoms with Gasteiger partial charge in [-0.3, -0.25) is 10.3 Å². The Morgan fingerprint density at radius 3 is 2.54 bits per heavy atom. The molecular formula is C9H21N3O. The third-order valence-corrected chi connectivity index (χ3v) is 2.04. The number of nitrogens with two attached hydrogens (primary N) is 1. The molecule has 1 unspecified atom stereocenters. The van der Waals surface area contributed by atoms with E-state index in [0.717, 1.165) is 13.0 Å². The SMILES string of the molecule is CCCN(CCO)C(C)CC(=N)N. The summed E-state index contributed by atoms with van der Waals surface area (Å²) in [6, 6.07) is 0.254. The molecule has 0 saturated heterocycles. The topological polar surface area (TPSA) is 73.3 Å². The molecule has 4 N–H and O–H groups in total. The summed E-state index contributed by atoms with van der Waals surface area (Å²) in [7, 11) is 0. The predicted octanol–water partition coefficient (Wildman–Crippen LogP) is 0.405. The van der Waals surface area contributed by atoms with Crippen molar-refractivity contribution in [3.05, 3.63) is 0 Å². The van der Waals surface area contributed by atoms with Crippen molar-refractivity contribution in [2.24, 2.45) is 5.73 Å². The van der Waals surface area contributed by atoms with Crippen LogP contribution in [0.5, 0.6) is 0 Å². The number of rotatable bonds is 7. The van der Waals surface area contributed by atoms with E-state index in [2.05, 4.69) is 11.8 Å². The van der Waals surface area contributed by atoms with Gasteiger partial charge < -0.3 is 10.8 Å². The average Bonchev–Trinajstić information content (AvgIpc) is 2.02. The molecule has 0 aromatic carbocycles. The van der Waals surface area contributed by atoms with Crippen molar-refractivity contribution in [1.29, 1.82) is 5.41 Å². The third kappa shape index (κ3) is 5.60. The van der Waals surface area contributed by atoms with Crippen LogP contribution in [0, 0.1) is 5.41 Å². The molecule has 0 bridgehead atoms. The zero-order chi connectivity index (χ0) is 10.3. The molecule has 1 atom stereocenters. The van der Waals surface area contributed by atoms with E-state index in [1.807, 2.05) is 6.92 Å². The Morgan fingerprint density at radius 1 is 1.54 bits per heavy atom. The van der Waals surface area contributed by atoms with Crippen LogP contribution in [0.2, 0.25) is 0 Å². The molecule has 0 aromatic rings. The molecule has 0 spiro atoms. The van der Waals surface area contributed by atoms with E-state index < -0.39 is 0 Å². The van der Waals surface area contributed by atoms with Crippen molar-refractivity contribution < 1.29 is 5.11 Å². The largest absolute Gasteiger partial charge is 0.395 e. The molecular weight excluding hydrogens is 166 g/mol. The van der Waals surface area contributed by atoms with E-state index >= 15 is 0 Å². The van der Waals surface area contributed by atoms with E-state index in [1.165, 1.54) is 0 Å². The summed E-state index contributed by atoms with van der Waals surface area (Å²) >= 11 is 0. The number of hydrogen-bond donors (Lipinski definition) is 3. The van der Waals surface area contributed by atoms with Gasteiger partial charge in [0, 0.05) is 19.0 Å². The summed E-state index contributed by atoms with van der Waals surface area (Å²) in [6.45, 7) is 5.93. The van der Waals surface area contributed by atoms with Crippen LogP contribution < -0.4 is 5.73 Å². The van der Waals surface area contributed by atoms with Gasteiger partial charge in [-0.2, -0.15) is 0 Å². The molecule has 0 rings (SSSR count). The van der Waals surface area contributed by atoms with Gasteiger partial charge in [0.15, 0.2) is 0 Å². The maximum atomic E-state index is 8.82. The molecule has 0 aromatic heterocycles. The fourth-order valence-electron chi connectivity index (χ4n) is 1.42. The first-order valence-corrected chi connectivity index (χ1v) is 4.79. The van der Waals surface area contributed by atoms with Crippen molar-refractivity contribution in [3.63, 3.8) is 0 Å². The van der Waals surface area contributed by atoms with E-state index in [0.29, 0.717) is 13.0 Å². The Labute approximate surface area is 80.2 Å². The van der Waals surface area contributed by atoms with E-state index in [9.17, 15) is 0 Å². The first-order chi connectivity index (χ1) is 6.11. The minimum Gasteiger partial charge on any atom is -0.395 e. The molecule has 0 fully saturated rings. The van der Waals surface area contributed by atoms with E-state index in [1.54, 1.807) is 0 Å². The Balaban J connectivity index is 3.93. The predicted molar refractivity (Wildman–Crippen MR) is 54.9 cm³/mol. The van der Waals surface area contributed by atoms with Crippen LogP contribution in [0.15, 0.2) is 0 Å². The maximum Gasteiger partial charge on any atom is 0.0920 e. The minimum absolute atomic E-state index is 0.169. The van der Waals surface area contributed by atoms with Crippen LogP contribution >= 0.6 is 0 Å². The Kier molecular flexibility index (Phi) is 6.54. The monoisotopic (exact) mass is 187 g/mol. The van der Waals surface area contributed by atoms with Crippen molar-refractivity contribution in [1.82, 2.24) is 4.90 Å². The average molecular weight is 187 g/mol. The van der Waals surface area contributed by atoms with Crippen molar-refractivity contribution >= 4 is 5.84 Å². The fraction of sp³-hybridized carbons (Fsp3) is 0.889. The van der Waals surface area contributed by atoms with Crippen LogP contribution in [0.25, 0.3) is 0 Å². The molecule has 0 saturated carbocycles. The van der Waals surface area contributed by atoms with Gasteiger partial charge in [-0.15, -0.1) is 0 Å². The van der Waals surface area contributed by atoms with E-state index in [-0.39, 0.29) is 18.5 Å². The molecule has 4 heteroatoms. The normalized spacial score (nSPS) is 13.2. The summed E-state index contributed by atoms with van der Waals surface area (Å²) in [5.41, 5.74) is 5.32. The molecule has 0 amide bonds. The van der Waals surface area contributed by atoms with Crippen LogP contribution in [-0.2, 0) is 0 Å². The molecule has 78 valence electrons. The Morgan fingerprint density at radius 2 is 2.15 bits per heavy atom. The molecule has 0 aliphatic carbocycles. The van der Waals surface area contributed by atoms with Crippen LogP contribution in [-0.4, -0.2) is 41.6 Å². The lowest BCUT2D eigenvalue weighted by Gasteiger charge is -2.27. The summed E-state index contributed by atoms with van der Waals surface area (Å²) in [6.07, 6.45) is 1.64. The highest BCUT2D eigenvalue weighted by atomic mass is 16.3. The molecule has 0 aliphatic rings. The highest BCUT2D eigenvalue weighted by Crippen LogP contribution is 2.03. The van der Waals surface area contributed by atoms with Gasteiger partial charge in [-0.05, 0) is 19.9 Å². The Hall–Kier alpha value is -0.610. The zero-order valence-electron chi connectivity index (χ0n) is 8.58. The summed E-state index contributed by atoms with van der Waals surface area (Å²) in [5.74, 6) is 0.214. The van der Waals surface area contributed by atoms with Crippen LogP contribution in [0.1, 0.15) is 26.7 Å². The van der Waals surface area contributed by atoms with Crippen molar-refractivity contribution in [3.8, 4) is 0 Å². The Bertz CT molecular complexity index is 144. The summed E-state index contributed by atoms with van der Waals surface area (Å²) in [5, 5.41) is 16.0. The van der Waals surface area contributed by atoms with Crippen LogP contribution in [0.4, 0.5) is 0 Å². The summed E-state index contributed by atoms with van der Waals surface area (Å²) < 4.78 is 0. The first kappa shape index (κ1) is 12.4. The minimum atomic E-state index is 0.169. The first-order valence-electron chi connectivity index (χ1n) is 4.79. The van der Waals surface area contributed by atoms with Gasteiger partial charge in [0.05, 0.1) is 12.4 Å². The van der Waals surface area contributed by atoms with Gasteiger partial charge in [-0.25, -0.2) is 0 Å².